The van der Waals surface area contributed by atoms with Crippen LogP contribution >= 0.6 is 0 Å². The first-order valence-electron chi connectivity index (χ1n) is 12.0. The number of imide groups is 2. The van der Waals surface area contributed by atoms with Crippen LogP contribution in [0.2, 0.25) is 0 Å². The van der Waals surface area contributed by atoms with E-state index in [1.165, 1.54) is 16.8 Å². The second-order valence-electron chi connectivity index (χ2n) is 8.96. The van der Waals surface area contributed by atoms with Crippen molar-refractivity contribution < 1.29 is 19.1 Å². The zero-order valence-electron chi connectivity index (χ0n) is 20.1. The van der Waals surface area contributed by atoms with Gasteiger partial charge in [0.05, 0.1) is 13.7 Å². The van der Waals surface area contributed by atoms with Gasteiger partial charge in [-0.1, -0.05) is 48.5 Å². The number of carbonyl (C=O) groups is 3. The van der Waals surface area contributed by atoms with E-state index < -0.39 is 17.8 Å². The van der Waals surface area contributed by atoms with Crippen LogP contribution in [0.1, 0.15) is 28.7 Å². The smallest absolute Gasteiger partial charge is 0.331 e. The molecule has 2 aliphatic rings. The summed E-state index contributed by atoms with van der Waals surface area (Å²) in [7, 11) is 1.57. The lowest BCUT2D eigenvalue weighted by Gasteiger charge is -2.32. The molecule has 1 fully saturated rings. The van der Waals surface area contributed by atoms with Gasteiger partial charge in [-0.3, -0.25) is 19.8 Å². The van der Waals surface area contributed by atoms with Crippen molar-refractivity contribution in [2.24, 2.45) is 0 Å². The molecule has 0 aromatic heterocycles. The maximum absolute atomic E-state index is 13.2. The van der Waals surface area contributed by atoms with Gasteiger partial charge in [0.15, 0.2) is 0 Å². The van der Waals surface area contributed by atoms with Crippen LogP contribution in [0.4, 0.5) is 10.5 Å². The minimum absolute atomic E-state index is 0.0535. The molecule has 2 aliphatic heterocycles. The fourth-order valence-electron chi connectivity index (χ4n) is 4.67. The molecule has 1 N–H and O–H groups in total. The Kier molecular flexibility index (Phi) is 6.54. The molecule has 0 bridgehead atoms. The molecule has 1 saturated heterocycles. The van der Waals surface area contributed by atoms with Crippen LogP contribution in [0.5, 0.6) is 5.75 Å². The Morgan fingerprint density at radius 3 is 2.42 bits per heavy atom. The predicted molar refractivity (Wildman–Crippen MR) is 137 cm³/mol. The van der Waals surface area contributed by atoms with Crippen molar-refractivity contribution in [1.29, 1.82) is 0 Å². The van der Waals surface area contributed by atoms with Gasteiger partial charge in [-0.25, -0.2) is 4.79 Å². The first-order valence-corrected chi connectivity index (χ1v) is 12.0. The average molecular weight is 482 g/mol. The van der Waals surface area contributed by atoms with Crippen LogP contribution in [0, 0.1) is 0 Å². The van der Waals surface area contributed by atoms with E-state index in [1.54, 1.807) is 37.5 Å². The highest BCUT2D eigenvalue weighted by atomic mass is 16.5. The number of anilines is 1. The van der Waals surface area contributed by atoms with E-state index in [-0.39, 0.29) is 12.1 Å². The van der Waals surface area contributed by atoms with Gasteiger partial charge < -0.3 is 9.64 Å². The summed E-state index contributed by atoms with van der Waals surface area (Å²) in [6.45, 7) is 1.86. The van der Waals surface area contributed by atoms with Gasteiger partial charge in [0, 0.05) is 18.8 Å². The largest absolute Gasteiger partial charge is 0.497 e. The summed E-state index contributed by atoms with van der Waals surface area (Å²) in [5.41, 5.74) is 5.06. The standard InChI is InChI=1S/C29H27N3O4/c1-36-24-12-9-21(10-13-24)19-32-28(34)25(27(33)30-29(32)35)17-22-11-14-26-23(16-22)8-5-15-31(26)18-20-6-3-2-4-7-20/h2-4,6-7,9-14,16-17H,5,8,15,18-19H2,1H3,(H,30,33,35)/b25-17+. The van der Waals surface area contributed by atoms with Crippen molar-refractivity contribution in [1.82, 2.24) is 10.2 Å². The quantitative estimate of drug-likeness (QED) is 0.419. The lowest BCUT2D eigenvalue weighted by Crippen LogP contribution is -2.53. The fraction of sp³-hybridized carbons (Fsp3) is 0.207. The first kappa shape index (κ1) is 23.4. The molecule has 0 saturated carbocycles. The monoisotopic (exact) mass is 481 g/mol. The zero-order valence-corrected chi connectivity index (χ0v) is 20.1. The van der Waals surface area contributed by atoms with Crippen molar-refractivity contribution in [3.05, 3.63) is 101 Å². The molecule has 0 atom stereocenters. The Morgan fingerprint density at radius 1 is 0.917 bits per heavy atom. The Hall–Kier alpha value is -4.39. The number of ether oxygens (including phenoxy) is 1. The molecule has 3 aromatic rings. The van der Waals surface area contributed by atoms with Gasteiger partial charge in [-0.15, -0.1) is 0 Å². The Bertz CT molecular complexity index is 1330. The van der Waals surface area contributed by atoms with Crippen LogP contribution in [-0.2, 0) is 29.1 Å². The maximum Gasteiger partial charge on any atom is 0.331 e. The van der Waals surface area contributed by atoms with Crippen molar-refractivity contribution >= 4 is 29.6 Å². The third kappa shape index (κ3) is 4.86. The van der Waals surface area contributed by atoms with E-state index in [0.717, 1.165) is 42.0 Å². The Balaban J connectivity index is 1.37. The number of methoxy groups -OCH3 is 1. The lowest BCUT2D eigenvalue weighted by molar-refractivity contribution is -0.130. The fourth-order valence-corrected chi connectivity index (χ4v) is 4.67. The van der Waals surface area contributed by atoms with Crippen molar-refractivity contribution in [3.63, 3.8) is 0 Å². The molecule has 7 heteroatoms. The summed E-state index contributed by atoms with van der Waals surface area (Å²) < 4.78 is 5.16. The molecular weight excluding hydrogens is 454 g/mol. The van der Waals surface area contributed by atoms with Gasteiger partial charge in [0.2, 0.25) is 0 Å². The molecule has 0 aliphatic carbocycles. The summed E-state index contributed by atoms with van der Waals surface area (Å²) >= 11 is 0. The van der Waals surface area contributed by atoms with Crippen LogP contribution in [-0.4, -0.2) is 36.4 Å². The minimum atomic E-state index is -0.722. The van der Waals surface area contributed by atoms with E-state index in [9.17, 15) is 14.4 Å². The maximum atomic E-state index is 13.2. The molecule has 7 nitrogen and oxygen atoms in total. The highest BCUT2D eigenvalue weighted by molar-refractivity contribution is 6.30. The number of rotatable bonds is 6. The normalized spacial score (nSPS) is 16.7. The van der Waals surface area contributed by atoms with Gasteiger partial charge in [0.25, 0.3) is 11.8 Å². The van der Waals surface area contributed by atoms with Gasteiger partial charge in [0.1, 0.15) is 11.3 Å². The Labute approximate surface area is 210 Å². The van der Waals surface area contributed by atoms with E-state index >= 15 is 0 Å². The number of hydrogen-bond donors (Lipinski definition) is 1. The number of benzene rings is 3. The van der Waals surface area contributed by atoms with E-state index in [0.29, 0.717) is 5.75 Å². The average Bonchev–Trinajstić information content (AvgIpc) is 2.90. The van der Waals surface area contributed by atoms with Crippen molar-refractivity contribution in [3.8, 4) is 5.75 Å². The number of carbonyl (C=O) groups excluding carboxylic acids is 3. The number of hydrogen-bond acceptors (Lipinski definition) is 5. The second-order valence-corrected chi connectivity index (χ2v) is 8.96. The molecule has 4 amide bonds. The summed E-state index contributed by atoms with van der Waals surface area (Å²) in [6, 6.07) is 22.7. The SMILES string of the molecule is COc1ccc(CN2C(=O)NC(=O)/C(=C\c3ccc4c(c3)CCCN4Cc3ccccc3)C2=O)cc1. The molecule has 0 radical (unpaired) electrons. The molecule has 0 spiro atoms. The highest BCUT2D eigenvalue weighted by Crippen LogP contribution is 2.30. The van der Waals surface area contributed by atoms with Gasteiger partial charge in [-0.05, 0) is 65.4 Å². The molecule has 3 aromatic carbocycles. The van der Waals surface area contributed by atoms with Crippen molar-refractivity contribution in [2.75, 3.05) is 18.6 Å². The zero-order chi connectivity index (χ0) is 25.1. The number of aryl methyl sites for hydroxylation is 1. The molecule has 182 valence electrons. The Morgan fingerprint density at radius 2 is 1.67 bits per heavy atom. The van der Waals surface area contributed by atoms with Crippen LogP contribution in [0.25, 0.3) is 6.08 Å². The summed E-state index contributed by atoms with van der Waals surface area (Å²) in [5.74, 6) is -0.610. The number of fused-ring (bicyclic) bond motifs is 1. The highest BCUT2D eigenvalue weighted by Gasteiger charge is 2.35. The molecule has 0 unspecified atom stereocenters. The molecule has 2 heterocycles. The van der Waals surface area contributed by atoms with E-state index in [2.05, 4.69) is 28.4 Å². The topological polar surface area (TPSA) is 79.0 Å². The number of barbiturate groups is 1. The minimum Gasteiger partial charge on any atom is -0.497 e. The summed E-state index contributed by atoms with van der Waals surface area (Å²) in [6.07, 6.45) is 3.53. The van der Waals surface area contributed by atoms with Gasteiger partial charge in [-0.2, -0.15) is 0 Å². The van der Waals surface area contributed by atoms with Crippen LogP contribution < -0.4 is 15.0 Å². The molecular formula is C29H27N3O4. The number of nitrogens with one attached hydrogen (secondary N) is 1. The molecule has 36 heavy (non-hydrogen) atoms. The second kappa shape index (κ2) is 10.1. The lowest BCUT2D eigenvalue weighted by atomic mass is 9.97. The predicted octanol–water partition coefficient (Wildman–Crippen LogP) is 4.31. The van der Waals surface area contributed by atoms with Gasteiger partial charge >= 0.3 is 6.03 Å². The van der Waals surface area contributed by atoms with Crippen LogP contribution in [0.3, 0.4) is 0 Å². The van der Waals surface area contributed by atoms with Crippen LogP contribution in [0.15, 0.2) is 78.4 Å². The first-order chi connectivity index (χ1) is 17.5. The number of nitrogens with zero attached hydrogens (tertiary/aromatic N) is 2. The van der Waals surface area contributed by atoms with E-state index in [1.807, 2.05) is 30.3 Å². The summed E-state index contributed by atoms with van der Waals surface area (Å²) in [4.78, 5) is 41.6. The van der Waals surface area contributed by atoms with Crippen molar-refractivity contribution in [2.45, 2.75) is 25.9 Å². The third-order valence-corrected chi connectivity index (χ3v) is 6.53. The van der Waals surface area contributed by atoms with E-state index in [4.69, 9.17) is 4.74 Å². The summed E-state index contributed by atoms with van der Waals surface area (Å²) in [5, 5.41) is 2.30. The third-order valence-electron chi connectivity index (χ3n) is 6.53. The number of urea groups is 1. The number of amides is 4. The molecule has 5 rings (SSSR count).